The van der Waals surface area contributed by atoms with Crippen molar-refractivity contribution in [3.05, 3.63) is 76.5 Å². The fourth-order valence-electron chi connectivity index (χ4n) is 3.65. The van der Waals surface area contributed by atoms with Gasteiger partial charge in [-0.1, -0.05) is 18.2 Å². The van der Waals surface area contributed by atoms with Gasteiger partial charge < -0.3 is 16.0 Å². The molecule has 0 bridgehead atoms. The number of amides is 3. The molecule has 1 aliphatic rings. The van der Waals surface area contributed by atoms with Gasteiger partial charge in [-0.3, -0.25) is 9.36 Å². The Hall–Kier alpha value is -3.88. The van der Waals surface area contributed by atoms with Gasteiger partial charge in [0.15, 0.2) is 0 Å². The predicted octanol–water partition coefficient (Wildman–Crippen LogP) is 2.85. The Bertz CT molecular complexity index is 1130. The molecule has 4 rings (SSSR count). The molecule has 2 heterocycles. The van der Waals surface area contributed by atoms with E-state index in [9.17, 15) is 14.4 Å². The molecule has 32 heavy (non-hydrogen) atoms. The van der Waals surface area contributed by atoms with Crippen molar-refractivity contribution in [3.63, 3.8) is 0 Å². The molecule has 0 atom stereocenters. The number of urea groups is 1. The number of carbonyl (C=O) groups excluding carboxylic acids is 2. The minimum atomic E-state index is -0.357. The number of nitrogens with zero attached hydrogens (tertiary/aromatic N) is 3. The smallest absolute Gasteiger partial charge is 0.345 e. The van der Waals surface area contributed by atoms with Gasteiger partial charge >= 0.3 is 11.7 Å². The van der Waals surface area contributed by atoms with Crippen LogP contribution < -0.4 is 21.6 Å². The quantitative estimate of drug-likeness (QED) is 0.497. The number of benzene rings is 2. The number of anilines is 2. The summed E-state index contributed by atoms with van der Waals surface area (Å²) < 4.78 is 3.24. The highest BCUT2D eigenvalue weighted by molar-refractivity contribution is 6.00. The Morgan fingerprint density at radius 2 is 1.66 bits per heavy atom. The molecule has 3 N–H and O–H groups in total. The molecular formula is C23H26N6O3. The van der Waals surface area contributed by atoms with Gasteiger partial charge in [-0.2, -0.15) is 5.10 Å². The lowest BCUT2D eigenvalue weighted by atomic mass is 10.2. The lowest BCUT2D eigenvalue weighted by Crippen LogP contribution is -2.29. The summed E-state index contributed by atoms with van der Waals surface area (Å²) in [6, 6.07) is 15.4. The van der Waals surface area contributed by atoms with E-state index < -0.39 is 0 Å². The van der Waals surface area contributed by atoms with Crippen LogP contribution in [0.4, 0.5) is 16.2 Å². The molecule has 0 unspecified atom stereocenters. The topological polar surface area (TPSA) is 110 Å². The molecule has 0 aliphatic carbocycles. The third-order valence-corrected chi connectivity index (χ3v) is 5.30. The second-order valence-electron chi connectivity index (χ2n) is 7.66. The van der Waals surface area contributed by atoms with Crippen LogP contribution in [0.25, 0.3) is 0 Å². The fraction of sp³-hybridized carbons (Fsp3) is 0.304. The first-order valence-electron chi connectivity index (χ1n) is 10.8. The molecule has 1 aliphatic heterocycles. The van der Waals surface area contributed by atoms with E-state index in [4.69, 9.17) is 0 Å². The zero-order valence-electron chi connectivity index (χ0n) is 17.7. The zero-order chi connectivity index (χ0) is 22.3. The number of carbonyl (C=O) groups is 2. The van der Waals surface area contributed by atoms with Gasteiger partial charge in [0, 0.05) is 43.0 Å². The Labute approximate surface area is 185 Å². The molecule has 166 valence electrons. The standard InChI is InChI=1S/C23H26N6O3/c30-21(24-14-6-16-29-23(32)28-15-5-4-9-20(28)27-29)17-10-12-19(13-11-17)26-22(31)25-18-7-2-1-3-8-18/h1-3,7-8,10-13H,4-6,9,14-16H2,(H,24,30)(H2,25,26,31). The van der Waals surface area contributed by atoms with Gasteiger partial charge in [0.25, 0.3) is 5.91 Å². The third-order valence-electron chi connectivity index (χ3n) is 5.30. The minimum Gasteiger partial charge on any atom is -0.352 e. The van der Waals surface area contributed by atoms with Gasteiger partial charge in [-0.25, -0.2) is 14.3 Å². The maximum atomic E-state index is 12.4. The van der Waals surface area contributed by atoms with Gasteiger partial charge in [0.05, 0.1) is 0 Å². The van der Waals surface area contributed by atoms with Gasteiger partial charge in [-0.15, -0.1) is 0 Å². The van der Waals surface area contributed by atoms with Crippen molar-refractivity contribution < 1.29 is 9.59 Å². The predicted molar refractivity (Wildman–Crippen MR) is 122 cm³/mol. The molecule has 3 aromatic rings. The summed E-state index contributed by atoms with van der Waals surface area (Å²) in [7, 11) is 0. The van der Waals surface area contributed by atoms with Crippen LogP contribution in [-0.4, -0.2) is 32.8 Å². The Kier molecular flexibility index (Phi) is 6.64. The minimum absolute atomic E-state index is 0.0644. The van der Waals surface area contributed by atoms with Crippen molar-refractivity contribution in [2.75, 3.05) is 17.2 Å². The second kappa shape index (κ2) is 9.95. The van der Waals surface area contributed by atoms with Crippen molar-refractivity contribution in [3.8, 4) is 0 Å². The molecule has 9 heteroatoms. The van der Waals surface area contributed by atoms with E-state index in [0.717, 1.165) is 31.6 Å². The van der Waals surface area contributed by atoms with Crippen LogP contribution in [-0.2, 0) is 19.5 Å². The summed E-state index contributed by atoms with van der Waals surface area (Å²) in [5, 5.41) is 12.7. The number of hydrogen-bond acceptors (Lipinski definition) is 4. The van der Waals surface area contributed by atoms with E-state index in [1.54, 1.807) is 41.0 Å². The number of aromatic nitrogens is 3. The molecule has 1 aromatic heterocycles. The Morgan fingerprint density at radius 3 is 2.38 bits per heavy atom. The van der Waals surface area contributed by atoms with Crippen LogP contribution >= 0.6 is 0 Å². The fourth-order valence-corrected chi connectivity index (χ4v) is 3.65. The SMILES string of the molecule is O=C(Nc1ccccc1)Nc1ccc(C(=O)NCCCn2nc3n(c2=O)CCCC3)cc1. The van der Waals surface area contributed by atoms with E-state index in [2.05, 4.69) is 21.0 Å². The first-order chi connectivity index (χ1) is 15.6. The van der Waals surface area contributed by atoms with Crippen LogP contribution in [0.1, 0.15) is 35.4 Å². The average Bonchev–Trinajstić information content (AvgIpc) is 3.13. The maximum Gasteiger partial charge on any atom is 0.345 e. The van der Waals surface area contributed by atoms with E-state index in [0.29, 0.717) is 36.4 Å². The highest BCUT2D eigenvalue weighted by Crippen LogP contribution is 2.12. The molecule has 0 saturated carbocycles. The van der Waals surface area contributed by atoms with Crippen molar-refractivity contribution in [2.45, 2.75) is 38.8 Å². The molecular weight excluding hydrogens is 408 g/mol. The van der Waals surface area contributed by atoms with Crippen molar-refractivity contribution in [1.82, 2.24) is 19.7 Å². The van der Waals surface area contributed by atoms with Crippen LogP contribution in [0.5, 0.6) is 0 Å². The highest BCUT2D eigenvalue weighted by atomic mass is 16.2. The highest BCUT2D eigenvalue weighted by Gasteiger charge is 2.16. The lowest BCUT2D eigenvalue weighted by molar-refractivity contribution is 0.0952. The number of hydrogen-bond donors (Lipinski definition) is 3. The van der Waals surface area contributed by atoms with Crippen LogP contribution in [0, 0.1) is 0 Å². The number of fused-ring (bicyclic) bond motifs is 1. The first-order valence-corrected chi connectivity index (χ1v) is 10.8. The van der Waals surface area contributed by atoms with Crippen LogP contribution in [0.15, 0.2) is 59.4 Å². The largest absolute Gasteiger partial charge is 0.352 e. The van der Waals surface area contributed by atoms with Gasteiger partial charge in [0.1, 0.15) is 5.82 Å². The number of para-hydroxylation sites is 1. The third kappa shape index (κ3) is 5.23. The van der Waals surface area contributed by atoms with Crippen LogP contribution in [0.3, 0.4) is 0 Å². The molecule has 0 saturated heterocycles. The van der Waals surface area contributed by atoms with Crippen molar-refractivity contribution >= 4 is 23.3 Å². The summed E-state index contributed by atoms with van der Waals surface area (Å²) >= 11 is 0. The summed E-state index contributed by atoms with van der Waals surface area (Å²) in [6.07, 6.45) is 3.54. The molecule has 0 spiro atoms. The number of rotatable bonds is 7. The lowest BCUT2D eigenvalue weighted by Gasteiger charge is -2.09. The summed E-state index contributed by atoms with van der Waals surface area (Å²) in [5.74, 6) is 0.651. The van der Waals surface area contributed by atoms with E-state index in [-0.39, 0.29) is 17.6 Å². The van der Waals surface area contributed by atoms with Crippen LogP contribution in [0.2, 0.25) is 0 Å². The number of aryl methyl sites for hydroxylation is 2. The molecule has 0 radical (unpaired) electrons. The summed E-state index contributed by atoms with van der Waals surface area (Å²) in [6.45, 7) is 1.65. The van der Waals surface area contributed by atoms with Gasteiger partial charge in [-0.05, 0) is 55.7 Å². The van der Waals surface area contributed by atoms with E-state index in [1.807, 2.05) is 18.2 Å². The van der Waals surface area contributed by atoms with Gasteiger partial charge in [0.2, 0.25) is 0 Å². The molecule has 3 amide bonds. The van der Waals surface area contributed by atoms with Crippen molar-refractivity contribution in [2.24, 2.45) is 0 Å². The number of nitrogens with one attached hydrogen (secondary N) is 3. The van der Waals surface area contributed by atoms with E-state index in [1.165, 1.54) is 4.68 Å². The van der Waals surface area contributed by atoms with E-state index >= 15 is 0 Å². The normalized spacial score (nSPS) is 12.6. The Morgan fingerprint density at radius 1 is 0.938 bits per heavy atom. The monoisotopic (exact) mass is 434 g/mol. The first kappa shape index (κ1) is 21.4. The zero-order valence-corrected chi connectivity index (χ0v) is 17.7. The summed E-state index contributed by atoms with van der Waals surface area (Å²) in [4.78, 5) is 36.7. The molecule has 0 fully saturated rings. The molecule has 9 nitrogen and oxygen atoms in total. The maximum absolute atomic E-state index is 12.4. The second-order valence-corrected chi connectivity index (χ2v) is 7.66. The molecule has 2 aromatic carbocycles. The summed E-state index contributed by atoms with van der Waals surface area (Å²) in [5.41, 5.74) is 1.70. The Balaban J connectivity index is 1.22. The average molecular weight is 435 g/mol. The van der Waals surface area contributed by atoms with Crippen molar-refractivity contribution in [1.29, 1.82) is 0 Å².